The van der Waals surface area contributed by atoms with Crippen LogP contribution in [0.3, 0.4) is 0 Å². The third-order valence-corrected chi connectivity index (χ3v) is 4.35. The van der Waals surface area contributed by atoms with Gasteiger partial charge in [-0.2, -0.15) is 0 Å². The molecule has 0 heterocycles. The number of hydrogen-bond donors (Lipinski definition) is 1. The smallest absolute Gasteiger partial charge is 0.324 e. The van der Waals surface area contributed by atoms with Crippen molar-refractivity contribution in [2.24, 2.45) is 0 Å². The highest BCUT2D eigenvalue weighted by Gasteiger charge is 2.19. The molecular weight excluding hydrogens is 306 g/mol. The van der Waals surface area contributed by atoms with E-state index in [1.54, 1.807) is 0 Å². The van der Waals surface area contributed by atoms with Crippen molar-refractivity contribution in [3.05, 3.63) is 70.7 Å². The SMILES string of the molecule is C\C=C(C)/C=C\C(=C/C)SN[C@@H](Cc1ccccc1)C(=O)OC. The van der Waals surface area contributed by atoms with E-state index in [9.17, 15) is 4.79 Å². The number of nitrogens with one attached hydrogen (secondary N) is 1. The molecule has 23 heavy (non-hydrogen) atoms. The van der Waals surface area contributed by atoms with Crippen LogP contribution in [0.2, 0.25) is 0 Å². The third kappa shape index (κ3) is 7.35. The van der Waals surface area contributed by atoms with Gasteiger partial charge in [-0.1, -0.05) is 54.1 Å². The number of ether oxygens (including phenoxy) is 1. The second-order valence-electron chi connectivity index (χ2n) is 5.04. The molecule has 0 amide bonds. The van der Waals surface area contributed by atoms with Crippen LogP contribution in [0.1, 0.15) is 26.3 Å². The van der Waals surface area contributed by atoms with Crippen molar-refractivity contribution in [3.8, 4) is 0 Å². The lowest BCUT2D eigenvalue weighted by atomic mass is 10.1. The van der Waals surface area contributed by atoms with Crippen LogP contribution in [0.5, 0.6) is 0 Å². The van der Waals surface area contributed by atoms with Crippen molar-refractivity contribution >= 4 is 17.9 Å². The standard InChI is InChI=1S/C19H25NO2S/c1-5-15(3)12-13-17(6-2)23-20-18(19(21)22-4)14-16-10-8-7-9-11-16/h5-13,18,20H,14H2,1-4H3/b13-12-,15-5-,17-6+/t18-/m0/s1. The lowest BCUT2D eigenvalue weighted by molar-refractivity contribution is -0.142. The van der Waals surface area contributed by atoms with Crippen molar-refractivity contribution in [2.75, 3.05) is 7.11 Å². The van der Waals surface area contributed by atoms with Crippen LogP contribution in [0.25, 0.3) is 0 Å². The number of esters is 1. The molecule has 1 aromatic carbocycles. The average molecular weight is 331 g/mol. The lowest BCUT2D eigenvalue weighted by Gasteiger charge is -2.16. The highest BCUT2D eigenvalue weighted by molar-refractivity contribution is 8.01. The van der Waals surface area contributed by atoms with Crippen LogP contribution in [0, 0.1) is 0 Å². The van der Waals surface area contributed by atoms with Gasteiger partial charge in [0.25, 0.3) is 0 Å². The first-order valence-electron chi connectivity index (χ1n) is 7.62. The summed E-state index contributed by atoms with van der Waals surface area (Å²) < 4.78 is 8.12. The molecule has 4 heteroatoms. The Balaban J connectivity index is 2.70. The van der Waals surface area contributed by atoms with Gasteiger partial charge in [-0.25, -0.2) is 4.72 Å². The van der Waals surface area contributed by atoms with Gasteiger partial charge in [0.15, 0.2) is 0 Å². The van der Waals surface area contributed by atoms with Crippen LogP contribution < -0.4 is 4.72 Å². The molecule has 3 nitrogen and oxygen atoms in total. The molecule has 0 aliphatic rings. The van der Waals surface area contributed by atoms with Gasteiger partial charge in [-0.3, -0.25) is 4.79 Å². The predicted molar refractivity (Wildman–Crippen MR) is 99.0 cm³/mol. The van der Waals surface area contributed by atoms with Crippen LogP contribution in [-0.4, -0.2) is 19.1 Å². The maximum absolute atomic E-state index is 12.0. The largest absolute Gasteiger partial charge is 0.468 e. The second kappa shape index (κ2) is 10.9. The Morgan fingerprint density at radius 2 is 1.91 bits per heavy atom. The highest BCUT2D eigenvalue weighted by Crippen LogP contribution is 2.17. The fourth-order valence-electron chi connectivity index (χ4n) is 1.80. The van der Waals surface area contributed by atoms with E-state index in [4.69, 9.17) is 4.74 Å². The predicted octanol–water partition coefficient (Wildman–Crippen LogP) is 4.43. The van der Waals surface area contributed by atoms with E-state index in [0.29, 0.717) is 6.42 Å². The van der Waals surface area contributed by atoms with E-state index < -0.39 is 6.04 Å². The summed E-state index contributed by atoms with van der Waals surface area (Å²) in [6.07, 6.45) is 8.73. The van der Waals surface area contributed by atoms with Gasteiger partial charge in [0.2, 0.25) is 0 Å². The number of benzene rings is 1. The molecule has 0 aliphatic heterocycles. The summed E-state index contributed by atoms with van der Waals surface area (Å²) in [4.78, 5) is 13.0. The fourth-order valence-corrected chi connectivity index (χ4v) is 2.52. The fraction of sp³-hybridized carbons (Fsp3) is 0.316. The quantitative estimate of drug-likeness (QED) is 0.434. The summed E-state index contributed by atoms with van der Waals surface area (Å²) in [5.74, 6) is -0.259. The monoisotopic (exact) mass is 331 g/mol. The van der Waals surface area contributed by atoms with Gasteiger partial charge in [0, 0.05) is 4.91 Å². The van der Waals surface area contributed by atoms with E-state index >= 15 is 0 Å². The summed E-state index contributed by atoms with van der Waals surface area (Å²) in [5, 5.41) is 0. The molecule has 0 aromatic heterocycles. The van der Waals surface area contributed by atoms with Gasteiger partial charge in [-0.15, -0.1) is 0 Å². The van der Waals surface area contributed by atoms with E-state index in [-0.39, 0.29) is 5.97 Å². The molecule has 0 aliphatic carbocycles. The number of hydrogen-bond acceptors (Lipinski definition) is 4. The summed E-state index contributed by atoms with van der Waals surface area (Å²) in [5.41, 5.74) is 2.29. The topological polar surface area (TPSA) is 38.3 Å². The molecule has 0 saturated heterocycles. The molecule has 0 saturated carbocycles. The lowest BCUT2D eigenvalue weighted by Crippen LogP contribution is -2.35. The Hall–Kier alpha value is -1.78. The van der Waals surface area contributed by atoms with Crippen molar-refractivity contribution < 1.29 is 9.53 Å². The minimum atomic E-state index is -0.390. The Morgan fingerprint density at radius 1 is 1.22 bits per heavy atom. The first-order valence-corrected chi connectivity index (χ1v) is 8.43. The molecule has 1 atom stereocenters. The maximum atomic E-state index is 12.0. The molecule has 1 aromatic rings. The summed E-state index contributed by atoms with van der Waals surface area (Å²) in [6, 6.07) is 9.53. The molecule has 1 N–H and O–H groups in total. The van der Waals surface area contributed by atoms with Gasteiger partial charge >= 0.3 is 5.97 Å². The van der Waals surface area contributed by atoms with Gasteiger partial charge in [0.1, 0.15) is 6.04 Å². The van der Waals surface area contributed by atoms with Gasteiger partial charge in [-0.05, 0) is 50.8 Å². The first kappa shape index (κ1) is 19.3. The Kier molecular flexibility index (Phi) is 9.10. The zero-order chi connectivity index (χ0) is 17.1. The van der Waals surface area contributed by atoms with Crippen molar-refractivity contribution in [1.82, 2.24) is 4.72 Å². The first-order chi connectivity index (χ1) is 11.1. The van der Waals surface area contributed by atoms with Crippen LogP contribution in [-0.2, 0) is 16.0 Å². The summed E-state index contributed by atoms with van der Waals surface area (Å²) in [7, 11) is 1.42. The zero-order valence-electron chi connectivity index (χ0n) is 14.2. The van der Waals surface area contributed by atoms with Crippen molar-refractivity contribution in [2.45, 2.75) is 33.2 Å². The molecule has 1 rings (SSSR count). The van der Waals surface area contributed by atoms with Crippen molar-refractivity contribution in [1.29, 1.82) is 0 Å². The number of carbonyl (C=O) groups is 1. The van der Waals surface area contributed by atoms with Crippen molar-refractivity contribution in [3.63, 3.8) is 0 Å². The minimum absolute atomic E-state index is 0.259. The van der Waals surface area contributed by atoms with E-state index in [0.717, 1.165) is 10.5 Å². The average Bonchev–Trinajstić information content (AvgIpc) is 2.60. The zero-order valence-corrected chi connectivity index (χ0v) is 15.0. The number of rotatable bonds is 8. The van der Waals surface area contributed by atoms with E-state index in [2.05, 4.69) is 17.7 Å². The molecule has 0 bridgehead atoms. The van der Waals surface area contributed by atoms with Gasteiger partial charge < -0.3 is 4.74 Å². The Labute approximate surface area is 143 Å². The van der Waals surface area contributed by atoms with Gasteiger partial charge in [0.05, 0.1) is 7.11 Å². The molecule has 0 spiro atoms. The minimum Gasteiger partial charge on any atom is -0.468 e. The highest BCUT2D eigenvalue weighted by atomic mass is 32.2. The summed E-state index contributed by atoms with van der Waals surface area (Å²) >= 11 is 1.44. The Bertz CT molecular complexity index is 576. The normalized spacial score (nSPS) is 14.1. The van der Waals surface area contributed by atoms with Crippen LogP contribution in [0.15, 0.2) is 65.1 Å². The molecular formula is C19H25NO2S. The molecule has 0 radical (unpaired) electrons. The molecule has 0 unspecified atom stereocenters. The molecule has 0 fully saturated rings. The van der Waals surface area contributed by atoms with E-state index in [1.165, 1.54) is 24.6 Å². The second-order valence-corrected chi connectivity index (χ2v) is 5.95. The number of allylic oxidation sites excluding steroid dienone is 5. The van der Waals surface area contributed by atoms with Crippen LogP contribution >= 0.6 is 11.9 Å². The number of methoxy groups -OCH3 is 1. The third-order valence-electron chi connectivity index (χ3n) is 3.34. The Morgan fingerprint density at radius 3 is 2.48 bits per heavy atom. The molecule has 124 valence electrons. The van der Waals surface area contributed by atoms with Crippen LogP contribution in [0.4, 0.5) is 0 Å². The maximum Gasteiger partial charge on any atom is 0.324 e. The van der Waals surface area contributed by atoms with E-state index in [1.807, 2.05) is 62.4 Å². The number of carbonyl (C=O) groups excluding carboxylic acids is 1. The summed E-state index contributed by atoms with van der Waals surface area (Å²) in [6.45, 7) is 6.03.